The van der Waals surface area contributed by atoms with Crippen molar-refractivity contribution in [3.8, 4) is 0 Å². The maximum absolute atomic E-state index is 11.4. The van der Waals surface area contributed by atoms with Crippen LogP contribution in [0.4, 0.5) is 0 Å². The molecule has 3 atom stereocenters. The van der Waals surface area contributed by atoms with Gasteiger partial charge in [0.15, 0.2) is 0 Å². The Morgan fingerprint density at radius 1 is 1.17 bits per heavy atom. The fourth-order valence-corrected chi connectivity index (χ4v) is 1.59. The molecular formula is C14H20O4. The summed E-state index contributed by atoms with van der Waals surface area (Å²) in [6.45, 7) is 1.84. The molecule has 4 heteroatoms. The van der Waals surface area contributed by atoms with Gasteiger partial charge in [-0.2, -0.15) is 0 Å². The Hall–Kier alpha value is -1.39. The van der Waals surface area contributed by atoms with Crippen molar-refractivity contribution in [2.24, 2.45) is 0 Å². The maximum Gasteiger partial charge on any atom is 0.330 e. The van der Waals surface area contributed by atoms with Crippen molar-refractivity contribution in [2.75, 3.05) is 0 Å². The summed E-state index contributed by atoms with van der Waals surface area (Å²) in [5.74, 6) is -0.455. The van der Waals surface area contributed by atoms with E-state index in [0.717, 1.165) is 19.3 Å². The molecule has 0 aliphatic carbocycles. The minimum Gasteiger partial charge on any atom is -0.460 e. The topological polar surface area (TPSA) is 66.8 Å². The van der Waals surface area contributed by atoms with Gasteiger partial charge in [-0.05, 0) is 32.3 Å². The SMILES string of the molecule is CC1CCC/C=C/[C@H](O)/C=C/[C@H](O)/C=C/C(=O)O1. The van der Waals surface area contributed by atoms with Gasteiger partial charge in [-0.1, -0.05) is 24.3 Å². The molecule has 0 aromatic rings. The molecule has 1 heterocycles. The predicted molar refractivity (Wildman–Crippen MR) is 68.8 cm³/mol. The molecule has 0 spiro atoms. The van der Waals surface area contributed by atoms with E-state index >= 15 is 0 Å². The van der Waals surface area contributed by atoms with Crippen molar-refractivity contribution in [3.63, 3.8) is 0 Å². The first-order chi connectivity index (χ1) is 8.58. The van der Waals surface area contributed by atoms with Gasteiger partial charge in [-0.15, -0.1) is 0 Å². The van der Waals surface area contributed by atoms with E-state index in [1.165, 1.54) is 24.3 Å². The number of allylic oxidation sites excluding steroid dienone is 1. The van der Waals surface area contributed by atoms with Gasteiger partial charge in [0, 0.05) is 6.08 Å². The van der Waals surface area contributed by atoms with Crippen LogP contribution < -0.4 is 0 Å². The zero-order valence-electron chi connectivity index (χ0n) is 10.5. The second-order valence-corrected chi connectivity index (χ2v) is 4.33. The van der Waals surface area contributed by atoms with Crippen LogP contribution in [0.3, 0.4) is 0 Å². The molecule has 0 aromatic heterocycles. The lowest BCUT2D eigenvalue weighted by molar-refractivity contribution is -0.142. The summed E-state index contributed by atoms with van der Waals surface area (Å²) >= 11 is 0. The Balaban J connectivity index is 2.69. The van der Waals surface area contributed by atoms with E-state index in [1.807, 2.05) is 13.0 Å². The third kappa shape index (κ3) is 6.37. The third-order valence-electron chi connectivity index (χ3n) is 2.57. The van der Waals surface area contributed by atoms with Gasteiger partial charge < -0.3 is 14.9 Å². The highest BCUT2D eigenvalue weighted by molar-refractivity contribution is 5.82. The van der Waals surface area contributed by atoms with Crippen molar-refractivity contribution in [2.45, 2.75) is 44.5 Å². The molecule has 2 N–H and O–H groups in total. The third-order valence-corrected chi connectivity index (χ3v) is 2.57. The number of cyclic esters (lactones) is 1. The first-order valence-electron chi connectivity index (χ1n) is 6.18. The number of ether oxygens (including phenoxy) is 1. The number of aliphatic hydroxyl groups is 2. The summed E-state index contributed by atoms with van der Waals surface area (Å²) < 4.78 is 5.13. The van der Waals surface area contributed by atoms with Gasteiger partial charge in [0.25, 0.3) is 0 Å². The zero-order valence-corrected chi connectivity index (χ0v) is 10.5. The summed E-state index contributed by atoms with van der Waals surface area (Å²) in [7, 11) is 0. The lowest BCUT2D eigenvalue weighted by atomic mass is 10.1. The minimum atomic E-state index is -0.904. The van der Waals surface area contributed by atoms with Gasteiger partial charge in [0.1, 0.15) is 0 Å². The lowest BCUT2D eigenvalue weighted by Gasteiger charge is -2.11. The molecule has 1 rings (SSSR count). The molecule has 0 bridgehead atoms. The van der Waals surface area contributed by atoms with Crippen molar-refractivity contribution in [1.82, 2.24) is 0 Å². The van der Waals surface area contributed by atoms with E-state index in [2.05, 4.69) is 0 Å². The Morgan fingerprint density at radius 3 is 2.56 bits per heavy atom. The first-order valence-corrected chi connectivity index (χ1v) is 6.18. The van der Waals surface area contributed by atoms with Gasteiger partial charge >= 0.3 is 5.97 Å². The van der Waals surface area contributed by atoms with Crippen LogP contribution in [0.2, 0.25) is 0 Å². The number of esters is 1. The standard InChI is InChI=1S/C14H20O4/c1-11-5-3-2-4-6-12(15)7-8-13(16)9-10-14(17)18-11/h4,6-13,15-16H,2-3,5H2,1H3/b6-4+,8-7+,10-9+/t11?,12-,13-/m0/s1. The molecular weight excluding hydrogens is 232 g/mol. The molecule has 0 fully saturated rings. The summed E-state index contributed by atoms with van der Waals surface area (Å²) in [6, 6.07) is 0. The molecule has 0 aromatic carbocycles. The van der Waals surface area contributed by atoms with Crippen molar-refractivity contribution in [3.05, 3.63) is 36.5 Å². The summed E-state index contributed by atoms with van der Waals surface area (Å²) in [4.78, 5) is 11.4. The van der Waals surface area contributed by atoms with E-state index < -0.39 is 18.2 Å². The number of aliphatic hydroxyl groups excluding tert-OH is 2. The highest BCUT2D eigenvalue weighted by atomic mass is 16.5. The Bertz CT molecular complexity index is 344. The maximum atomic E-state index is 11.4. The molecule has 4 nitrogen and oxygen atoms in total. The fourth-order valence-electron chi connectivity index (χ4n) is 1.59. The highest BCUT2D eigenvalue weighted by Crippen LogP contribution is 2.07. The molecule has 0 saturated heterocycles. The predicted octanol–water partition coefficient (Wildman–Crippen LogP) is 1.49. The fraction of sp³-hybridized carbons (Fsp3) is 0.500. The monoisotopic (exact) mass is 252 g/mol. The van der Waals surface area contributed by atoms with Crippen LogP contribution in [0.15, 0.2) is 36.5 Å². The van der Waals surface area contributed by atoms with E-state index in [1.54, 1.807) is 6.08 Å². The molecule has 1 aliphatic rings. The van der Waals surface area contributed by atoms with Crippen molar-refractivity contribution >= 4 is 5.97 Å². The number of hydrogen-bond donors (Lipinski definition) is 2. The zero-order chi connectivity index (χ0) is 13.4. The molecule has 0 saturated carbocycles. The van der Waals surface area contributed by atoms with Gasteiger partial charge in [-0.25, -0.2) is 4.79 Å². The van der Waals surface area contributed by atoms with Crippen LogP contribution in [-0.4, -0.2) is 34.5 Å². The summed E-state index contributed by atoms with van der Waals surface area (Å²) in [5, 5.41) is 19.0. The first kappa shape index (κ1) is 14.7. The summed E-state index contributed by atoms with van der Waals surface area (Å²) in [5.41, 5.74) is 0. The quantitative estimate of drug-likeness (QED) is 0.506. The van der Waals surface area contributed by atoms with Crippen LogP contribution in [0.1, 0.15) is 26.2 Å². The van der Waals surface area contributed by atoms with Gasteiger partial charge in [0.2, 0.25) is 0 Å². The smallest absolute Gasteiger partial charge is 0.330 e. The van der Waals surface area contributed by atoms with Crippen LogP contribution in [-0.2, 0) is 9.53 Å². The van der Waals surface area contributed by atoms with Crippen molar-refractivity contribution < 1.29 is 19.7 Å². The number of carbonyl (C=O) groups is 1. The van der Waals surface area contributed by atoms with E-state index in [0.29, 0.717) is 0 Å². The highest BCUT2D eigenvalue weighted by Gasteiger charge is 2.07. The van der Waals surface area contributed by atoms with Crippen LogP contribution >= 0.6 is 0 Å². The van der Waals surface area contributed by atoms with Crippen molar-refractivity contribution in [1.29, 1.82) is 0 Å². The molecule has 1 unspecified atom stereocenters. The van der Waals surface area contributed by atoms with Crippen LogP contribution in [0.5, 0.6) is 0 Å². The van der Waals surface area contributed by atoms with E-state index in [9.17, 15) is 15.0 Å². The van der Waals surface area contributed by atoms with Gasteiger partial charge in [0.05, 0.1) is 18.3 Å². The van der Waals surface area contributed by atoms with E-state index in [-0.39, 0.29) is 6.10 Å². The average molecular weight is 252 g/mol. The number of carbonyl (C=O) groups excluding carboxylic acids is 1. The second kappa shape index (κ2) is 7.84. The average Bonchev–Trinajstić information content (AvgIpc) is 2.32. The second-order valence-electron chi connectivity index (χ2n) is 4.33. The minimum absolute atomic E-state index is 0.143. The van der Waals surface area contributed by atoms with E-state index in [4.69, 9.17) is 4.74 Å². The van der Waals surface area contributed by atoms with Gasteiger partial charge in [-0.3, -0.25) is 0 Å². The van der Waals surface area contributed by atoms with Crippen LogP contribution in [0, 0.1) is 0 Å². The Morgan fingerprint density at radius 2 is 1.83 bits per heavy atom. The normalized spacial score (nSPS) is 36.2. The molecule has 100 valence electrons. The lowest BCUT2D eigenvalue weighted by Crippen LogP contribution is -2.13. The molecule has 1 aliphatic heterocycles. The number of rotatable bonds is 0. The Labute approximate surface area is 107 Å². The molecule has 18 heavy (non-hydrogen) atoms. The Kier molecular flexibility index (Phi) is 6.39. The largest absolute Gasteiger partial charge is 0.460 e. The van der Waals surface area contributed by atoms with Crippen LogP contribution in [0.25, 0.3) is 0 Å². The summed E-state index contributed by atoms with van der Waals surface area (Å²) in [6.07, 6.45) is 9.74. The number of hydrogen-bond acceptors (Lipinski definition) is 4. The molecule has 0 amide bonds. The molecule has 0 radical (unpaired) electrons.